The summed E-state index contributed by atoms with van der Waals surface area (Å²) in [6.45, 7) is 2.90. The molecule has 2 N–H and O–H groups in total. The largest absolute Gasteiger partial charge is 0.493 e. The summed E-state index contributed by atoms with van der Waals surface area (Å²) in [4.78, 5) is 0. The van der Waals surface area contributed by atoms with Gasteiger partial charge in [0.2, 0.25) is 0 Å². The van der Waals surface area contributed by atoms with Gasteiger partial charge in [-0.1, -0.05) is 18.5 Å². The highest BCUT2D eigenvalue weighted by molar-refractivity contribution is 7.98. The number of nitrogens with two attached hydrogens (primary N) is 1. The Morgan fingerprint density at radius 2 is 2.35 bits per heavy atom. The van der Waals surface area contributed by atoms with Crippen molar-refractivity contribution >= 4 is 23.4 Å². The first-order chi connectivity index (χ1) is 8.20. The van der Waals surface area contributed by atoms with Crippen molar-refractivity contribution in [1.82, 2.24) is 0 Å². The van der Waals surface area contributed by atoms with E-state index in [1.54, 1.807) is 0 Å². The lowest BCUT2D eigenvalue weighted by molar-refractivity contribution is 0.354. The highest BCUT2D eigenvalue weighted by atomic mass is 35.5. The molecule has 0 spiro atoms. The number of benzene rings is 1. The molecule has 1 heterocycles. The molecule has 2 rings (SSSR count). The second-order valence-corrected chi connectivity index (χ2v) is 5.80. The van der Waals surface area contributed by atoms with Crippen LogP contribution < -0.4 is 10.5 Å². The molecule has 1 aliphatic heterocycles. The maximum atomic E-state index is 6.11. The minimum Gasteiger partial charge on any atom is -0.493 e. The van der Waals surface area contributed by atoms with E-state index in [4.69, 9.17) is 22.1 Å². The van der Waals surface area contributed by atoms with Crippen LogP contribution in [0.1, 0.15) is 24.5 Å². The minimum atomic E-state index is 0.285. The quantitative estimate of drug-likeness (QED) is 0.893. The predicted octanol–water partition coefficient (Wildman–Crippen LogP) is 3.25. The smallest absolute Gasteiger partial charge is 0.126 e. The van der Waals surface area contributed by atoms with E-state index < -0.39 is 0 Å². The average Bonchev–Trinajstić information content (AvgIpc) is 2.76. The van der Waals surface area contributed by atoms with Crippen LogP contribution in [-0.4, -0.2) is 18.4 Å². The van der Waals surface area contributed by atoms with Crippen LogP contribution in [0.4, 0.5) is 0 Å². The molecule has 0 saturated carbocycles. The van der Waals surface area contributed by atoms with E-state index in [-0.39, 0.29) is 6.04 Å². The highest BCUT2D eigenvalue weighted by Gasteiger charge is 2.17. The molecule has 0 amide bonds. The van der Waals surface area contributed by atoms with Crippen molar-refractivity contribution in [2.75, 3.05) is 12.4 Å². The van der Waals surface area contributed by atoms with Gasteiger partial charge in [0.25, 0.3) is 0 Å². The van der Waals surface area contributed by atoms with Gasteiger partial charge < -0.3 is 10.5 Å². The molecule has 0 bridgehead atoms. The summed E-state index contributed by atoms with van der Waals surface area (Å²) in [7, 11) is 0. The third kappa shape index (κ3) is 3.30. The Hall–Kier alpha value is -0.380. The molecule has 0 fully saturated rings. The summed E-state index contributed by atoms with van der Waals surface area (Å²) in [5.74, 6) is 2.96. The van der Waals surface area contributed by atoms with Crippen LogP contribution in [-0.2, 0) is 12.2 Å². The standard InChI is InChI=1S/C13H18ClNOS/c1-2-12(15)8-17-7-10-6-11(14)5-9-3-4-16-13(9)10/h5-6,12H,2-4,7-8,15H2,1H3. The molecule has 1 atom stereocenters. The monoisotopic (exact) mass is 271 g/mol. The normalized spacial score (nSPS) is 15.5. The van der Waals surface area contributed by atoms with Gasteiger partial charge in [-0.25, -0.2) is 0 Å². The third-order valence-electron chi connectivity index (χ3n) is 2.94. The molecule has 2 nitrogen and oxygen atoms in total. The second kappa shape index (κ2) is 5.98. The van der Waals surface area contributed by atoms with Crippen LogP contribution in [0.15, 0.2) is 12.1 Å². The summed E-state index contributed by atoms with van der Waals surface area (Å²) in [6, 6.07) is 4.31. The van der Waals surface area contributed by atoms with Crippen molar-refractivity contribution in [3.63, 3.8) is 0 Å². The van der Waals surface area contributed by atoms with Crippen molar-refractivity contribution in [2.24, 2.45) is 5.73 Å². The molecule has 4 heteroatoms. The van der Waals surface area contributed by atoms with Crippen molar-refractivity contribution < 1.29 is 4.74 Å². The van der Waals surface area contributed by atoms with Crippen molar-refractivity contribution in [3.8, 4) is 5.75 Å². The number of hydrogen-bond donors (Lipinski definition) is 1. The van der Waals surface area contributed by atoms with Gasteiger partial charge in [0.15, 0.2) is 0 Å². The van der Waals surface area contributed by atoms with Crippen LogP contribution >= 0.6 is 23.4 Å². The number of thioether (sulfide) groups is 1. The fourth-order valence-corrected chi connectivity index (χ4v) is 3.25. The fourth-order valence-electron chi connectivity index (χ4n) is 1.89. The number of ether oxygens (including phenoxy) is 1. The van der Waals surface area contributed by atoms with Gasteiger partial charge in [-0.15, -0.1) is 0 Å². The Balaban J connectivity index is 2.01. The molecule has 17 heavy (non-hydrogen) atoms. The molecule has 0 aliphatic carbocycles. The Kier molecular flexibility index (Phi) is 4.60. The van der Waals surface area contributed by atoms with Gasteiger partial charge in [0, 0.05) is 34.6 Å². The third-order valence-corrected chi connectivity index (χ3v) is 4.34. The molecule has 1 unspecified atom stereocenters. The average molecular weight is 272 g/mol. The molecule has 1 aromatic carbocycles. The molecule has 94 valence electrons. The zero-order valence-electron chi connectivity index (χ0n) is 10.0. The molecule has 0 aromatic heterocycles. The Bertz CT molecular complexity index is 397. The summed E-state index contributed by atoms with van der Waals surface area (Å²) in [5.41, 5.74) is 8.35. The molecule has 1 aliphatic rings. The summed E-state index contributed by atoms with van der Waals surface area (Å²) < 4.78 is 5.67. The van der Waals surface area contributed by atoms with Crippen molar-refractivity contribution in [3.05, 3.63) is 28.3 Å². The van der Waals surface area contributed by atoms with Crippen LogP contribution in [0.25, 0.3) is 0 Å². The second-order valence-electron chi connectivity index (χ2n) is 4.34. The van der Waals surface area contributed by atoms with Crippen LogP contribution in [0, 0.1) is 0 Å². The number of hydrogen-bond acceptors (Lipinski definition) is 3. The minimum absolute atomic E-state index is 0.285. The van der Waals surface area contributed by atoms with Crippen LogP contribution in [0.2, 0.25) is 5.02 Å². The van der Waals surface area contributed by atoms with E-state index in [0.29, 0.717) is 0 Å². The molecular formula is C13H18ClNOS. The van der Waals surface area contributed by atoms with E-state index in [1.165, 1.54) is 11.1 Å². The lowest BCUT2D eigenvalue weighted by atomic mass is 10.1. The van der Waals surface area contributed by atoms with Gasteiger partial charge in [-0.3, -0.25) is 0 Å². The van der Waals surface area contributed by atoms with Crippen LogP contribution in [0.5, 0.6) is 5.75 Å². The Labute approximate surface area is 112 Å². The first kappa shape index (κ1) is 13.1. The number of rotatable bonds is 5. The van der Waals surface area contributed by atoms with Gasteiger partial charge in [-0.2, -0.15) is 11.8 Å². The lowest BCUT2D eigenvalue weighted by Gasteiger charge is -2.11. The summed E-state index contributed by atoms with van der Waals surface area (Å²) >= 11 is 7.96. The zero-order chi connectivity index (χ0) is 12.3. The molecule has 0 saturated heterocycles. The molecule has 1 aromatic rings. The molecular weight excluding hydrogens is 254 g/mol. The Morgan fingerprint density at radius 3 is 3.12 bits per heavy atom. The Morgan fingerprint density at radius 1 is 1.53 bits per heavy atom. The highest BCUT2D eigenvalue weighted by Crippen LogP contribution is 2.34. The predicted molar refractivity (Wildman–Crippen MR) is 75.1 cm³/mol. The fraction of sp³-hybridized carbons (Fsp3) is 0.538. The summed E-state index contributed by atoms with van der Waals surface area (Å²) in [5, 5.41) is 0.810. The summed E-state index contributed by atoms with van der Waals surface area (Å²) in [6.07, 6.45) is 2.00. The maximum Gasteiger partial charge on any atom is 0.126 e. The van der Waals surface area contributed by atoms with E-state index in [2.05, 4.69) is 6.92 Å². The van der Waals surface area contributed by atoms with E-state index in [1.807, 2.05) is 23.9 Å². The van der Waals surface area contributed by atoms with E-state index in [9.17, 15) is 0 Å². The first-order valence-electron chi connectivity index (χ1n) is 5.98. The number of fused-ring (bicyclic) bond motifs is 1. The maximum absolute atomic E-state index is 6.11. The van der Waals surface area contributed by atoms with Gasteiger partial charge in [0.05, 0.1) is 6.61 Å². The van der Waals surface area contributed by atoms with E-state index >= 15 is 0 Å². The number of halogens is 1. The van der Waals surface area contributed by atoms with E-state index in [0.717, 1.165) is 41.7 Å². The zero-order valence-corrected chi connectivity index (χ0v) is 11.6. The first-order valence-corrected chi connectivity index (χ1v) is 7.51. The SMILES string of the molecule is CCC(N)CSCc1cc(Cl)cc2c1OCC2. The lowest BCUT2D eigenvalue weighted by Crippen LogP contribution is -2.21. The van der Waals surface area contributed by atoms with Crippen molar-refractivity contribution in [2.45, 2.75) is 31.6 Å². The topological polar surface area (TPSA) is 35.2 Å². The van der Waals surface area contributed by atoms with Gasteiger partial charge in [0.1, 0.15) is 5.75 Å². The molecule has 0 radical (unpaired) electrons. The van der Waals surface area contributed by atoms with Crippen molar-refractivity contribution in [1.29, 1.82) is 0 Å². The van der Waals surface area contributed by atoms with Gasteiger partial charge >= 0.3 is 0 Å². The van der Waals surface area contributed by atoms with Gasteiger partial charge in [-0.05, 0) is 24.1 Å². The van der Waals surface area contributed by atoms with Crippen LogP contribution in [0.3, 0.4) is 0 Å².